The molecule has 1 aliphatic heterocycles. The van der Waals surface area contributed by atoms with E-state index in [1.54, 1.807) is 18.2 Å². The van der Waals surface area contributed by atoms with Crippen LogP contribution in [-0.4, -0.2) is 27.9 Å². The van der Waals surface area contributed by atoms with Crippen molar-refractivity contribution in [3.8, 4) is 0 Å². The number of aliphatic carboxylic acids is 1. The highest BCUT2D eigenvalue weighted by Crippen LogP contribution is 2.32. The molecule has 2 amide bonds. The number of carboxylic acids is 1. The highest BCUT2D eigenvalue weighted by atomic mass is 79.9. The van der Waals surface area contributed by atoms with Crippen molar-refractivity contribution in [1.29, 1.82) is 0 Å². The molecule has 0 spiro atoms. The lowest BCUT2D eigenvalue weighted by molar-refractivity contribution is -0.136. The summed E-state index contributed by atoms with van der Waals surface area (Å²) < 4.78 is 0.704. The number of anilines is 1. The van der Waals surface area contributed by atoms with Gasteiger partial charge in [0.05, 0.1) is 23.2 Å². The van der Waals surface area contributed by atoms with Gasteiger partial charge in [-0.25, -0.2) is 9.88 Å². The Labute approximate surface area is 131 Å². The summed E-state index contributed by atoms with van der Waals surface area (Å²) in [5, 5.41) is 10.4. The summed E-state index contributed by atoms with van der Waals surface area (Å²) in [6, 6.07) is 4.85. The fourth-order valence-electron chi connectivity index (χ4n) is 2.02. The molecule has 0 bridgehead atoms. The van der Waals surface area contributed by atoms with Crippen molar-refractivity contribution in [3.63, 3.8) is 0 Å². The van der Waals surface area contributed by atoms with Gasteiger partial charge in [-0.05, 0) is 18.2 Å². The summed E-state index contributed by atoms with van der Waals surface area (Å²) in [6.07, 6.45) is -0.245. The fraction of sp³-hybridized carbons (Fsp3) is 0.0769. The molecule has 2 heterocycles. The molecule has 1 N–H and O–H groups in total. The van der Waals surface area contributed by atoms with Gasteiger partial charge in [-0.15, -0.1) is 11.3 Å². The van der Waals surface area contributed by atoms with Gasteiger partial charge in [0.2, 0.25) is 0 Å². The number of imide groups is 1. The quantitative estimate of drug-likeness (QED) is 0.842. The summed E-state index contributed by atoms with van der Waals surface area (Å²) in [7, 11) is 0. The second-order valence-electron chi connectivity index (χ2n) is 4.33. The van der Waals surface area contributed by atoms with E-state index in [0.717, 1.165) is 16.2 Å². The van der Waals surface area contributed by atoms with Crippen LogP contribution in [0.3, 0.4) is 0 Å². The molecular weight excluding hydrogens is 360 g/mol. The van der Waals surface area contributed by atoms with Gasteiger partial charge in [-0.1, -0.05) is 15.9 Å². The molecule has 21 heavy (non-hydrogen) atoms. The third kappa shape index (κ3) is 2.36. The zero-order chi connectivity index (χ0) is 15.1. The maximum Gasteiger partial charge on any atom is 0.309 e. The topological polar surface area (TPSA) is 87.6 Å². The molecule has 1 aromatic heterocycles. The third-order valence-corrected chi connectivity index (χ3v) is 4.28. The highest BCUT2D eigenvalue weighted by Gasteiger charge is 2.38. The van der Waals surface area contributed by atoms with Crippen LogP contribution >= 0.6 is 27.3 Å². The number of hydrogen-bond acceptors (Lipinski definition) is 5. The van der Waals surface area contributed by atoms with E-state index >= 15 is 0 Å². The van der Waals surface area contributed by atoms with E-state index in [4.69, 9.17) is 5.11 Å². The number of aromatic nitrogens is 1. The van der Waals surface area contributed by atoms with Crippen LogP contribution < -0.4 is 4.90 Å². The first kappa shape index (κ1) is 13.9. The number of nitrogens with zero attached hydrogens (tertiary/aromatic N) is 2. The van der Waals surface area contributed by atoms with Crippen molar-refractivity contribution >= 4 is 50.2 Å². The number of carbonyl (C=O) groups is 3. The number of thiazole rings is 1. The Morgan fingerprint density at radius 3 is 2.71 bits per heavy atom. The van der Waals surface area contributed by atoms with Gasteiger partial charge in [0.25, 0.3) is 11.8 Å². The molecule has 0 saturated heterocycles. The van der Waals surface area contributed by atoms with Gasteiger partial charge in [0.15, 0.2) is 5.13 Å². The molecule has 0 radical (unpaired) electrons. The second kappa shape index (κ2) is 5.05. The Kier molecular flexibility index (Phi) is 3.34. The van der Waals surface area contributed by atoms with E-state index in [1.165, 1.54) is 5.38 Å². The van der Waals surface area contributed by atoms with E-state index in [1.807, 2.05) is 0 Å². The fourth-order valence-corrected chi connectivity index (χ4v) is 3.20. The minimum absolute atomic E-state index is 0.188. The largest absolute Gasteiger partial charge is 0.481 e. The number of amides is 2. The number of halogens is 1. The van der Waals surface area contributed by atoms with Gasteiger partial charge in [-0.2, -0.15) is 0 Å². The summed E-state index contributed by atoms with van der Waals surface area (Å²) >= 11 is 4.33. The van der Waals surface area contributed by atoms with Gasteiger partial charge >= 0.3 is 5.97 Å². The van der Waals surface area contributed by atoms with Crippen molar-refractivity contribution in [2.75, 3.05) is 4.90 Å². The van der Waals surface area contributed by atoms with Gasteiger partial charge in [-0.3, -0.25) is 14.4 Å². The molecule has 106 valence electrons. The second-order valence-corrected chi connectivity index (χ2v) is 6.08. The zero-order valence-electron chi connectivity index (χ0n) is 10.4. The van der Waals surface area contributed by atoms with Crippen LogP contribution in [0.2, 0.25) is 0 Å². The van der Waals surface area contributed by atoms with Crippen LogP contribution in [0.15, 0.2) is 28.1 Å². The molecule has 0 saturated carbocycles. The van der Waals surface area contributed by atoms with E-state index in [9.17, 15) is 14.4 Å². The minimum atomic E-state index is -1.02. The number of hydrogen-bond donors (Lipinski definition) is 1. The monoisotopic (exact) mass is 366 g/mol. The van der Waals surface area contributed by atoms with E-state index < -0.39 is 17.8 Å². The van der Waals surface area contributed by atoms with Crippen LogP contribution in [0.25, 0.3) is 0 Å². The van der Waals surface area contributed by atoms with Crippen molar-refractivity contribution in [2.24, 2.45) is 0 Å². The van der Waals surface area contributed by atoms with Gasteiger partial charge < -0.3 is 5.11 Å². The van der Waals surface area contributed by atoms with E-state index in [-0.39, 0.29) is 11.6 Å². The molecule has 0 fully saturated rings. The van der Waals surface area contributed by atoms with Crippen LogP contribution in [0, 0.1) is 0 Å². The molecule has 1 aliphatic rings. The van der Waals surface area contributed by atoms with Crippen LogP contribution in [0.5, 0.6) is 0 Å². The van der Waals surface area contributed by atoms with E-state index in [2.05, 4.69) is 20.9 Å². The highest BCUT2D eigenvalue weighted by molar-refractivity contribution is 9.10. The molecular formula is C13H7BrN2O4S. The summed E-state index contributed by atoms with van der Waals surface area (Å²) in [5.74, 6) is -1.91. The first-order chi connectivity index (χ1) is 9.97. The molecule has 6 nitrogen and oxygen atoms in total. The number of carbonyl (C=O) groups excluding carboxylic acids is 2. The molecule has 2 aromatic rings. The van der Waals surface area contributed by atoms with Crippen molar-refractivity contribution in [3.05, 3.63) is 44.9 Å². The standard InChI is InChI=1S/C13H7BrN2O4S/c14-6-1-2-8-9(3-6)12(20)16(11(8)19)13-15-7(5-21-13)4-10(17)18/h1-3,5H,4H2,(H,17,18). The van der Waals surface area contributed by atoms with Crippen LogP contribution in [0.4, 0.5) is 5.13 Å². The Hall–Kier alpha value is -2.06. The summed E-state index contributed by atoms with van der Waals surface area (Å²) in [4.78, 5) is 40.3. The van der Waals surface area contributed by atoms with Crippen molar-refractivity contribution < 1.29 is 19.5 Å². The maximum atomic E-state index is 12.3. The Balaban J connectivity index is 1.98. The molecule has 0 unspecified atom stereocenters. The minimum Gasteiger partial charge on any atom is -0.481 e. The molecule has 8 heteroatoms. The van der Waals surface area contributed by atoms with E-state index in [0.29, 0.717) is 21.3 Å². The maximum absolute atomic E-state index is 12.3. The Morgan fingerprint density at radius 1 is 1.29 bits per heavy atom. The normalized spacial score (nSPS) is 13.7. The third-order valence-electron chi connectivity index (χ3n) is 2.91. The zero-order valence-corrected chi connectivity index (χ0v) is 12.8. The number of fused-ring (bicyclic) bond motifs is 1. The Morgan fingerprint density at radius 2 is 2.00 bits per heavy atom. The Bertz CT molecular complexity index is 786. The lowest BCUT2D eigenvalue weighted by Gasteiger charge is -2.08. The molecule has 3 rings (SSSR count). The molecule has 0 atom stereocenters. The van der Waals surface area contributed by atoms with Crippen LogP contribution in [-0.2, 0) is 11.2 Å². The van der Waals surface area contributed by atoms with Crippen molar-refractivity contribution in [1.82, 2.24) is 4.98 Å². The number of carboxylic acid groups (broad SMARTS) is 1. The molecule has 1 aromatic carbocycles. The first-order valence-corrected chi connectivity index (χ1v) is 7.49. The summed E-state index contributed by atoms with van der Waals surface area (Å²) in [6.45, 7) is 0. The van der Waals surface area contributed by atoms with Crippen molar-refractivity contribution in [2.45, 2.75) is 6.42 Å². The average molecular weight is 367 g/mol. The van der Waals surface area contributed by atoms with Gasteiger partial charge in [0.1, 0.15) is 0 Å². The number of rotatable bonds is 3. The lowest BCUT2D eigenvalue weighted by atomic mass is 10.1. The lowest BCUT2D eigenvalue weighted by Crippen LogP contribution is -2.29. The number of benzene rings is 1. The smallest absolute Gasteiger partial charge is 0.309 e. The van der Waals surface area contributed by atoms with Crippen LogP contribution in [0.1, 0.15) is 26.4 Å². The average Bonchev–Trinajstić information content (AvgIpc) is 2.94. The molecule has 0 aliphatic carbocycles. The predicted octanol–water partition coefficient (Wildman–Crippen LogP) is 2.33. The SMILES string of the molecule is O=C(O)Cc1csc(N2C(=O)c3ccc(Br)cc3C2=O)n1. The van der Waals surface area contributed by atoms with Gasteiger partial charge in [0, 0.05) is 9.85 Å². The predicted molar refractivity (Wildman–Crippen MR) is 78.7 cm³/mol. The summed E-state index contributed by atoms with van der Waals surface area (Å²) in [5.41, 5.74) is 0.947. The first-order valence-electron chi connectivity index (χ1n) is 5.82.